The third-order valence-electron chi connectivity index (χ3n) is 3.66. The van der Waals surface area contributed by atoms with Gasteiger partial charge in [0.15, 0.2) is 6.61 Å². The second-order valence-corrected chi connectivity index (χ2v) is 5.78. The van der Waals surface area contributed by atoms with Crippen molar-refractivity contribution in [3.05, 3.63) is 28.8 Å². The minimum atomic E-state index is -0.484. The lowest BCUT2D eigenvalue weighted by Gasteiger charge is -2.12. The molecule has 22 heavy (non-hydrogen) atoms. The average molecular weight is 326 g/mol. The molecule has 0 heterocycles. The number of hydrogen-bond acceptors (Lipinski definition) is 4. The lowest BCUT2D eigenvalue weighted by molar-refractivity contribution is -0.148. The molecule has 120 valence electrons. The van der Waals surface area contributed by atoms with E-state index in [9.17, 15) is 9.59 Å². The summed E-state index contributed by atoms with van der Waals surface area (Å²) < 4.78 is 10.2. The molecule has 1 saturated carbocycles. The summed E-state index contributed by atoms with van der Waals surface area (Å²) in [6, 6.07) is 5.25. The van der Waals surface area contributed by atoms with Crippen LogP contribution in [0, 0.1) is 0 Å². The van der Waals surface area contributed by atoms with Gasteiger partial charge in [-0.2, -0.15) is 0 Å². The molecule has 6 heteroatoms. The molecule has 1 fully saturated rings. The van der Waals surface area contributed by atoms with Gasteiger partial charge >= 0.3 is 5.97 Å². The molecule has 1 amide bonds. The van der Waals surface area contributed by atoms with Crippen LogP contribution in [-0.4, -0.2) is 31.6 Å². The van der Waals surface area contributed by atoms with E-state index in [1.54, 1.807) is 18.2 Å². The molecule has 0 bridgehead atoms. The minimum Gasteiger partial charge on any atom is -0.496 e. The number of amides is 1. The highest BCUT2D eigenvalue weighted by Crippen LogP contribution is 2.23. The molecule has 0 spiro atoms. The summed E-state index contributed by atoms with van der Waals surface area (Å²) >= 11 is 5.91. The van der Waals surface area contributed by atoms with Gasteiger partial charge in [-0.05, 0) is 31.0 Å². The topological polar surface area (TPSA) is 64.6 Å². The van der Waals surface area contributed by atoms with E-state index in [0.29, 0.717) is 16.3 Å². The normalized spacial score (nSPS) is 14.6. The van der Waals surface area contributed by atoms with Crippen molar-refractivity contribution >= 4 is 23.5 Å². The van der Waals surface area contributed by atoms with Crippen LogP contribution in [-0.2, 0) is 20.7 Å². The van der Waals surface area contributed by atoms with Crippen LogP contribution in [0.3, 0.4) is 0 Å². The Morgan fingerprint density at radius 3 is 2.73 bits per heavy atom. The summed E-state index contributed by atoms with van der Waals surface area (Å²) in [5.74, 6) is -0.169. The molecular weight excluding hydrogens is 306 g/mol. The van der Waals surface area contributed by atoms with Crippen LogP contribution < -0.4 is 10.1 Å². The van der Waals surface area contributed by atoms with Gasteiger partial charge in [-0.1, -0.05) is 24.4 Å². The molecule has 0 aromatic heterocycles. The maximum absolute atomic E-state index is 11.8. The van der Waals surface area contributed by atoms with E-state index < -0.39 is 5.97 Å². The summed E-state index contributed by atoms with van der Waals surface area (Å²) in [5.41, 5.74) is 0.635. The van der Waals surface area contributed by atoms with E-state index in [2.05, 4.69) is 5.32 Å². The van der Waals surface area contributed by atoms with E-state index in [1.165, 1.54) is 7.11 Å². The van der Waals surface area contributed by atoms with Gasteiger partial charge < -0.3 is 14.8 Å². The highest BCUT2D eigenvalue weighted by atomic mass is 35.5. The van der Waals surface area contributed by atoms with E-state index in [1.807, 2.05) is 0 Å². The molecule has 0 unspecified atom stereocenters. The third-order valence-corrected chi connectivity index (χ3v) is 3.90. The van der Waals surface area contributed by atoms with Crippen molar-refractivity contribution in [1.82, 2.24) is 5.32 Å². The lowest BCUT2D eigenvalue weighted by Crippen LogP contribution is -2.36. The van der Waals surface area contributed by atoms with Crippen molar-refractivity contribution in [3.8, 4) is 5.75 Å². The molecule has 5 nitrogen and oxygen atoms in total. The van der Waals surface area contributed by atoms with E-state index in [-0.39, 0.29) is 25.0 Å². The first-order valence-electron chi connectivity index (χ1n) is 7.36. The SMILES string of the molecule is COc1ccc(Cl)cc1CC(=O)OCC(=O)NC1CCCC1. The molecule has 0 saturated heterocycles. The predicted molar refractivity (Wildman–Crippen MR) is 83.1 cm³/mol. The van der Waals surface area contributed by atoms with Crippen LogP contribution in [0.4, 0.5) is 0 Å². The number of halogens is 1. The van der Waals surface area contributed by atoms with Crippen LogP contribution >= 0.6 is 11.6 Å². The zero-order valence-electron chi connectivity index (χ0n) is 12.6. The number of methoxy groups -OCH3 is 1. The quantitative estimate of drug-likeness (QED) is 0.816. The molecule has 0 aliphatic heterocycles. The van der Waals surface area contributed by atoms with Crippen molar-refractivity contribution < 1.29 is 19.1 Å². The van der Waals surface area contributed by atoms with Crippen LogP contribution in [0.2, 0.25) is 5.02 Å². The summed E-state index contributed by atoms with van der Waals surface area (Å²) in [6.45, 7) is -0.252. The van der Waals surface area contributed by atoms with Gasteiger partial charge in [0.2, 0.25) is 0 Å². The number of rotatable bonds is 6. The Kier molecular flexibility index (Phi) is 6.07. The van der Waals surface area contributed by atoms with Crippen molar-refractivity contribution in [1.29, 1.82) is 0 Å². The molecule has 0 atom stereocenters. The number of hydrogen-bond donors (Lipinski definition) is 1. The molecule has 1 aromatic rings. The van der Waals surface area contributed by atoms with Gasteiger partial charge in [-0.3, -0.25) is 9.59 Å². The summed E-state index contributed by atoms with van der Waals surface area (Å²) in [5, 5.41) is 3.38. The van der Waals surface area contributed by atoms with Gasteiger partial charge in [0, 0.05) is 16.6 Å². The zero-order valence-corrected chi connectivity index (χ0v) is 13.3. The Labute approximate surface area is 134 Å². The number of carbonyl (C=O) groups is 2. The van der Waals surface area contributed by atoms with Gasteiger partial charge in [0.1, 0.15) is 5.75 Å². The second kappa shape index (κ2) is 8.03. The Bertz CT molecular complexity index is 541. The smallest absolute Gasteiger partial charge is 0.310 e. The van der Waals surface area contributed by atoms with Crippen LogP contribution in [0.1, 0.15) is 31.2 Å². The molecule has 0 radical (unpaired) electrons. The maximum Gasteiger partial charge on any atom is 0.310 e. The van der Waals surface area contributed by atoms with Crippen LogP contribution in [0.25, 0.3) is 0 Å². The van der Waals surface area contributed by atoms with Gasteiger partial charge in [0.25, 0.3) is 5.91 Å². The number of carbonyl (C=O) groups excluding carboxylic acids is 2. The van der Waals surface area contributed by atoms with E-state index in [4.69, 9.17) is 21.1 Å². The summed E-state index contributed by atoms with van der Waals surface area (Å²) in [7, 11) is 1.52. The van der Waals surface area contributed by atoms with Gasteiger partial charge in [0.05, 0.1) is 13.5 Å². The van der Waals surface area contributed by atoms with Crippen molar-refractivity contribution in [2.75, 3.05) is 13.7 Å². The highest BCUT2D eigenvalue weighted by Gasteiger charge is 2.18. The standard InChI is InChI=1S/C16H20ClNO4/c1-21-14-7-6-12(17)8-11(14)9-16(20)22-10-15(19)18-13-4-2-3-5-13/h6-8,13H,2-5,9-10H2,1H3,(H,18,19). The third kappa shape index (κ3) is 4.91. The van der Waals surface area contributed by atoms with Crippen molar-refractivity contribution in [2.24, 2.45) is 0 Å². The van der Waals surface area contributed by atoms with Crippen LogP contribution in [0.5, 0.6) is 5.75 Å². The molecule has 1 aliphatic rings. The number of ether oxygens (including phenoxy) is 2. The monoisotopic (exact) mass is 325 g/mol. The average Bonchev–Trinajstić information content (AvgIpc) is 2.98. The highest BCUT2D eigenvalue weighted by molar-refractivity contribution is 6.30. The zero-order chi connectivity index (χ0) is 15.9. The summed E-state index contributed by atoms with van der Waals surface area (Å²) in [6.07, 6.45) is 4.29. The Morgan fingerprint density at radius 1 is 1.32 bits per heavy atom. The fourth-order valence-electron chi connectivity index (χ4n) is 2.58. The second-order valence-electron chi connectivity index (χ2n) is 5.34. The van der Waals surface area contributed by atoms with E-state index in [0.717, 1.165) is 25.7 Å². The minimum absolute atomic E-state index is 0.0143. The molecule has 1 aliphatic carbocycles. The first-order valence-corrected chi connectivity index (χ1v) is 7.73. The predicted octanol–water partition coefficient (Wildman–Crippen LogP) is 2.49. The number of esters is 1. The molecular formula is C16H20ClNO4. The van der Waals surface area contributed by atoms with Crippen molar-refractivity contribution in [3.63, 3.8) is 0 Å². The number of benzene rings is 1. The fourth-order valence-corrected chi connectivity index (χ4v) is 2.77. The number of nitrogens with one attached hydrogen (secondary N) is 1. The largest absolute Gasteiger partial charge is 0.496 e. The van der Waals surface area contributed by atoms with Crippen molar-refractivity contribution in [2.45, 2.75) is 38.1 Å². The Balaban J connectivity index is 1.80. The lowest BCUT2D eigenvalue weighted by atomic mass is 10.1. The first-order chi connectivity index (χ1) is 10.6. The Hall–Kier alpha value is -1.75. The fraction of sp³-hybridized carbons (Fsp3) is 0.500. The summed E-state index contributed by atoms with van der Waals surface area (Å²) in [4.78, 5) is 23.5. The molecule has 1 N–H and O–H groups in total. The van der Waals surface area contributed by atoms with Crippen LogP contribution in [0.15, 0.2) is 18.2 Å². The van der Waals surface area contributed by atoms with Gasteiger partial charge in [-0.25, -0.2) is 0 Å². The first kappa shape index (κ1) is 16.6. The molecule has 1 aromatic carbocycles. The Morgan fingerprint density at radius 2 is 2.05 bits per heavy atom. The van der Waals surface area contributed by atoms with E-state index >= 15 is 0 Å². The maximum atomic E-state index is 11.8. The van der Waals surface area contributed by atoms with Gasteiger partial charge in [-0.15, -0.1) is 0 Å². The molecule has 2 rings (SSSR count).